The van der Waals surface area contributed by atoms with Crippen molar-refractivity contribution in [2.45, 2.75) is 6.54 Å². The van der Waals surface area contributed by atoms with Crippen LogP contribution in [0.5, 0.6) is 0 Å². The molecule has 0 saturated carbocycles. The number of hydrogen-bond donors (Lipinski definition) is 1. The average molecular weight is 239 g/mol. The molecule has 0 fully saturated rings. The Morgan fingerprint density at radius 1 is 1.50 bits per heavy atom. The van der Waals surface area contributed by atoms with E-state index in [0.29, 0.717) is 6.54 Å². The molecule has 0 spiro atoms. The lowest BCUT2D eigenvalue weighted by molar-refractivity contribution is 0.0922. The number of hydrogen-bond acceptors (Lipinski definition) is 2. The zero-order chi connectivity index (χ0) is 11.5. The highest BCUT2D eigenvalue weighted by Gasteiger charge is 2.10. The van der Waals surface area contributed by atoms with Crippen molar-refractivity contribution in [2.75, 3.05) is 0 Å². The highest BCUT2D eigenvalue weighted by atomic mass is 35.5. The molecule has 0 unspecified atom stereocenters. The number of aromatic nitrogens is 1. The van der Waals surface area contributed by atoms with Gasteiger partial charge in [-0.05, 0) is 35.9 Å². The summed E-state index contributed by atoms with van der Waals surface area (Å²) in [6.07, 6.45) is 1.92. The van der Waals surface area contributed by atoms with Crippen molar-refractivity contribution in [3.8, 4) is 0 Å². The van der Waals surface area contributed by atoms with Gasteiger partial charge in [-0.3, -0.25) is 4.79 Å². The summed E-state index contributed by atoms with van der Waals surface area (Å²) in [5.41, 5.74) is 1.02. The van der Waals surface area contributed by atoms with Gasteiger partial charge in [-0.1, -0.05) is 0 Å². The second kappa shape index (κ2) is 4.45. The molecule has 0 aliphatic carbocycles. The summed E-state index contributed by atoms with van der Waals surface area (Å²) < 4.78 is 6.93. The van der Waals surface area contributed by atoms with E-state index in [0.717, 1.165) is 5.69 Å². The molecule has 0 aliphatic heterocycles. The van der Waals surface area contributed by atoms with E-state index in [4.69, 9.17) is 16.0 Å². The number of rotatable bonds is 3. The van der Waals surface area contributed by atoms with Gasteiger partial charge < -0.3 is 14.3 Å². The largest absolute Gasteiger partial charge is 0.440 e. The van der Waals surface area contributed by atoms with Gasteiger partial charge in [0, 0.05) is 18.9 Å². The molecular weight excluding hydrogens is 228 g/mol. The fourth-order valence-electron chi connectivity index (χ4n) is 1.37. The standard InChI is InChI=1S/C11H11ClN2O2/c1-14-6-2-3-8(14)7-13-11(15)9-4-5-10(12)16-9/h2-6H,7H2,1H3,(H,13,15). The molecule has 2 aromatic rings. The van der Waals surface area contributed by atoms with Crippen molar-refractivity contribution < 1.29 is 9.21 Å². The van der Waals surface area contributed by atoms with E-state index in [-0.39, 0.29) is 16.9 Å². The number of carbonyl (C=O) groups is 1. The second-order valence-electron chi connectivity index (χ2n) is 3.40. The Bertz CT molecular complexity index is 502. The van der Waals surface area contributed by atoms with Gasteiger partial charge in [0.05, 0.1) is 6.54 Å². The molecule has 0 bridgehead atoms. The Morgan fingerprint density at radius 2 is 2.31 bits per heavy atom. The van der Waals surface area contributed by atoms with E-state index in [1.54, 1.807) is 12.1 Å². The van der Waals surface area contributed by atoms with Gasteiger partial charge in [-0.25, -0.2) is 0 Å². The van der Waals surface area contributed by atoms with Gasteiger partial charge in [0.25, 0.3) is 5.91 Å². The highest BCUT2D eigenvalue weighted by Crippen LogP contribution is 2.12. The van der Waals surface area contributed by atoms with E-state index in [2.05, 4.69) is 5.32 Å². The molecule has 0 aromatic carbocycles. The number of furan rings is 1. The van der Waals surface area contributed by atoms with Gasteiger partial charge in [0.15, 0.2) is 11.0 Å². The van der Waals surface area contributed by atoms with E-state index < -0.39 is 0 Å². The van der Waals surface area contributed by atoms with Crippen LogP contribution < -0.4 is 5.32 Å². The van der Waals surface area contributed by atoms with Crippen LogP contribution in [0.25, 0.3) is 0 Å². The molecule has 0 saturated heterocycles. The topological polar surface area (TPSA) is 47.2 Å². The van der Waals surface area contributed by atoms with Crippen LogP contribution in [0.3, 0.4) is 0 Å². The van der Waals surface area contributed by atoms with Gasteiger partial charge in [0.1, 0.15) is 0 Å². The molecular formula is C11H11ClN2O2. The zero-order valence-corrected chi connectivity index (χ0v) is 9.49. The predicted octanol–water partition coefficient (Wildman–Crippen LogP) is 2.20. The normalized spacial score (nSPS) is 10.4. The monoisotopic (exact) mass is 238 g/mol. The van der Waals surface area contributed by atoms with Crippen molar-refractivity contribution in [1.29, 1.82) is 0 Å². The Morgan fingerprint density at radius 3 is 2.88 bits per heavy atom. The summed E-state index contributed by atoms with van der Waals surface area (Å²) in [5.74, 6) is -0.0488. The lowest BCUT2D eigenvalue weighted by Crippen LogP contribution is -2.23. The number of nitrogens with one attached hydrogen (secondary N) is 1. The van der Waals surface area contributed by atoms with Crippen LogP contribution in [0.2, 0.25) is 5.22 Å². The fraction of sp³-hybridized carbons (Fsp3) is 0.182. The molecule has 0 aliphatic rings. The van der Waals surface area contributed by atoms with Crippen molar-refractivity contribution in [3.05, 3.63) is 47.1 Å². The number of carbonyl (C=O) groups excluding carboxylic acids is 1. The minimum absolute atomic E-state index is 0.212. The maximum absolute atomic E-state index is 11.6. The minimum atomic E-state index is -0.270. The van der Waals surface area contributed by atoms with Gasteiger partial charge in [0.2, 0.25) is 0 Å². The Labute approximate surface area is 97.8 Å². The van der Waals surface area contributed by atoms with E-state index in [1.807, 2.05) is 29.9 Å². The zero-order valence-electron chi connectivity index (χ0n) is 8.74. The Hall–Kier alpha value is -1.68. The maximum atomic E-state index is 11.6. The molecule has 0 radical (unpaired) electrons. The summed E-state index contributed by atoms with van der Waals surface area (Å²) in [7, 11) is 1.92. The molecule has 5 heteroatoms. The van der Waals surface area contributed by atoms with Crippen LogP contribution in [0.15, 0.2) is 34.9 Å². The summed E-state index contributed by atoms with van der Waals surface area (Å²) >= 11 is 5.58. The van der Waals surface area contributed by atoms with Crippen LogP contribution in [0, 0.1) is 0 Å². The van der Waals surface area contributed by atoms with E-state index in [1.165, 1.54) is 0 Å². The first-order valence-electron chi connectivity index (χ1n) is 4.80. The number of amides is 1. The first-order chi connectivity index (χ1) is 7.66. The molecule has 2 aromatic heterocycles. The van der Waals surface area contributed by atoms with Crippen molar-refractivity contribution in [1.82, 2.24) is 9.88 Å². The first kappa shape index (κ1) is 10.8. The molecule has 16 heavy (non-hydrogen) atoms. The Balaban J connectivity index is 1.96. The molecule has 2 rings (SSSR count). The number of nitrogens with zero attached hydrogens (tertiary/aromatic N) is 1. The van der Waals surface area contributed by atoms with Crippen LogP contribution in [0.1, 0.15) is 16.2 Å². The summed E-state index contributed by atoms with van der Waals surface area (Å²) in [5, 5.41) is 2.96. The van der Waals surface area contributed by atoms with Crippen LogP contribution in [-0.4, -0.2) is 10.5 Å². The third-order valence-corrected chi connectivity index (χ3v) is 2.48. The Kier molecular flexibility index (Phi) is 3.01. The van der Waals surface area contributed by atoms with Crippen molar-refractivity contribution >= 4 is 17.5 Å². The second-order valence-corrected chi connectivity index (χ2v) is 3.77. The quantitative estimate of drug-likeness (QED) is 0.891. The van der Waals surface area contributed by atoms with Crippen molar-refractivity contribution in [2.24, 2.45) is 7.05 Å². The minimum Gasteiger partial charge on any atom is -0.440 e. The lowest BCUT2D eigenvalue weighted by Gasteiger charge is -2.04. The lowest BCUT2D eigenvalue weighted by atomic mass is 10.4. The van der Waals surface area contributed by atoms with Crippen molar-refractivity contribution in [3.63, 3.8) is 0 Å². The first-order valence-corrected chi connectivity index (χ1v) is 5.18. The molecule has 2 heterocycles. The fourth-order valence-corrected chi connectivity index (χ4v) is 1.52. The molecule has 1 N–H and O–H groups in total. The number of halogens is 1. The maximum Gasteiger partial charge on any atom is 0.287 e. The molecule has 0 atom stereocenters. The van der Waals surface area contributed by atoms with Crippen LogP contribution in [-0.2, 0) is 13.6 Å². The number of aryl methyl sites for hydroxylation is 1. The highest BCUT2D eigenvalue weighted by molar-refractivity contribution is 6.29. The summed E-state index contributed by atoms with van der Waals surface area (Å²) in [6, 6.07) is 6.95. The third kappa shape index (κ3) is 2.28. The van der Waals surface area contributed by atoms with Gasteiger partial charge in [-0.2, -0.15) is 0 Å². The average Bonchev–Trinajstić information content (AvgIpc) is 2.84. The van der Waals surface area contributed by atoms with E-state index in [9.17, 15) is 4.79 Å². The summed E-state index contributed by atoms with van der Waals surface area (Å²) in [6.45, 7) is 0.459. The SMILES string of the molecule is Cn1cccc1CNC(=O)c1ccc(Cl)o1. The van der Waals surface area contributed by atoms with Gasteiger partial charge in [-0.15, -0.1) is 0 Å². The smallest absolute Gasteiger partial charge is 0.287 e. The third-order valence-electron chi connectivity index (χ3n) is 2.28. The summed E-state index contributed by atoms with van der Waals surface area (Å²) in [4.78, 5) is 11.6. The molecule has 4 nitrogen and oxygen atoms in total. The molecule has 84 valence electrons. The van der Waals surface area contributed by atoms with Crippen LogP contribution >= 0.6 is 11.6 Å². The van der Waals surface area contributed by atoms with E-state index >= 15 is 0 Å². The predicted molar refractivity (Wildman–Crippen MR) is 60.3 cm³/mol. The van der Waals surface area contributed by atoms with Gasteiger partial charge >= 0.3 is 0 Å². The van der Waals surface area contributed by atoms with Crippen LogP contribution in [0.4, 0.5) is 0 Å². The molecule has 1 amide bonds.